The molecule has 1 aliphatic rings. The van der Waals surface area contributed by atoms with Gasteiger partial charge in [-0.15, -0.1) is 0 Å². The number of aliphatic carboxylic acids is 1. The minimum Gasteiger partial charge on any atom is -0.480 e. The summed E-state index contributed by atoms with van der Waals surface area (Å²) in [6.45, 7) is 2.56. The molecule has 0 fully saturated rings. The molecule has 1 aliphatic heterocycles. The Kier molecular flexibility index (Phi) is 4.65. The summed E-state index contributed by atoms with van der Waals surface area (Å²) in [5, 5.41) is 13.7. The molecule has 0 bridgehead atoms. The molecule has 0 radical (unpaired) electrons. The predicted molar refractivity (Wildman–Crippen MR) is 82.5 cm³/mol. The summed E-state index contributed by atoms with van der Waals surface area (Å²) in [7, 11) is 0. The maximum atomic E-state index is 11.5. The number of carboxylic acids is 1. The number of anilines is 1. The first-order valence-corrected chi connectivity index (χ1v) is 7.82. The van der Waals surface area contributed by atoms with Gasteiger partial charge in [0.25, 0.3) is 0 Å². The molecular weight excluding hydrogens is 376 g/mol. The smallest absolute Gasteiger partial charge is 0.327 e. The van der Waals surface area contributed by atoms with Gasteiger partial charge >= 0.3 is 5.97 Å². The normalized spacial score (nSPS) is 20.2. The fourth-order valence-corrected chi connectivity index (χ4v) is 3.93. The zero-order chi connectivity index (χ0) is 14.0. The first kappa shape index (κ1) is 14.6. The first-order chi connectivity index (χ1) is 9.11. The van der Waals surface area contributed by atoms with Crippen LogP contribution in [0.15, 0.2) is 40.5 Å². The van der Waals surface area contributed by atoms with E-state index in [0.29, 0.717) is 11.9 Å². The number of carbonyl (C=O) groups is 1. The molecule has 2 rings (SSSR count). The van der Waals surface area contributed by atoms with Crippen LogP contribution in [0.5, 0.6) is 0 Å². The minimum atomic E-state index is -0.841. The topological polar surface area (TPSA) is 43.8 Å². The SMILES string of the molecule is CCN1C(C(=O)O)C(CBr)=C(Br)N1c1ccccc1. The van der Waals surface area contributed by atoms with E-state index in [0.717, 1.165) is 15.9 Å². The highest BCUT2D eigenvalue weighted by atomic mass is 79.9. The van der Waals surface area contributed by atoms with E-state index in [9.17, 15) is 9.90 Å². The average molecular weight is 390 g/mol. The van der Waals surface area contributed by atoms with Crippen molar-refractivity contribution < 1.29 is 9.90 Å². The molecule has 1 heterocycles. The predicted octanol–water partition coefficient (Wildman–Crippen LogP) is 3.20. The Labute approximate surface area is 128 Å². The van der Waals surface area contributed by atoms with Crippen LogP contribution in [-0.4, -0.2) is 34.0 Å². The summed E-state index contributed by atoms with van der Waals surface area (Å²) in [4.78, 5) is 11.5. The molecule has 102 valence electrons. The van der Waals surface area contributed by atoms with Crippen molar-refractivity contribution >= 4 is 43.5 Å². The molecule has 0 aliphatic carbocycles. The molecular formula is C13H14Br2N2O2. The Morgan fingerprint density at radius 2 is 2.00 bits per heavy atom. The second-order valence-electron chi connectivity index (χ2n) is 4.09. The van der Waals surface area contributed by atoms with Crippen molar-refractivity contribution in [3.63, 3.8) is 0 Å². The van der Waals surface area contributed by atoms with E-state index in [1.54, 1.807) is 0 Å². The summed E-state index contributed by atoms with van der Waals surface area (Å²) in [5.74, 6) is -0.841. The highest BCUT2D eigenvalue weighted by molar-refractivity contribution is 9.12. The summed E-state index contributed by atoms with van der Waals surface area (Å²) >= 11 is 6.91. The maximum absolute atomic E-state index is 11.5. The number of benzene rings is 1. The number of halogens is 2. The molecule has 1 unspecified atom stereocenters. The van der Waals surface area contributed by atoms with Crippen molar-refractivity contribution in [2.45, 2.75) is 13.0 Å². The Bertz CT molecular complexity index is 505. The lowest BCUT2D eigenvalue weighted by atomic mass is 10.1. The molecule has 19 heavy (non-hydrogen) atoms. The van der Waals surface area contributed by atoms with Gasteiger partial charge in [0, 0.05) is 17.4 Å². The molecule has 1 aromatic rings. The molecule has 0 saturated heterocycles. The minimum absolute atomic E-state index is 0.518. The number of nitrogens with zero attached hydrogens (tertiary/aromatic N) is 2. The number of hydrazine groups is 1. The summed E-state index contributed by atoms with van der Waals surface area (Å²) in [6.07, 6.45) is 0. The van der Waals surface area contributed by atoms with Crippen molar-refractivity contribution in [1.82, 2.24) is 5.01 Å². The quantitative estimate of drug-likeness (QED) is 0.634. The molecule has 4 nitrogen and oxygen atoms in total. The second-order valence-corrected chi connectivity index (χ2v) is 5.41. The third-order valence-electron chi connectivity index (χ3n) is 3.04. The molecule has 0 amide bonds. The van der Waals surface area contributed by atoms with E-state index in [1.165, 1.54) is 0 Å². The molecule has 0 spiro atoms. The molecule has 6 heteroatoms. The fourth-order valence-electron chi connectivity index (χ4n) is 2.22. The van der Waals surface area contributed by atoms with Gasteiger partial charge in [0.15, 0.2) is 6.04 Å². The molecule has 1 aromatic carbocycles. The van der Waals surface area contributed by atoms with E-state index < -0.39 is 12.0 Å². The molecule has 1 atom stereocenters. The molecule has 1 N–H and O–H groups in total. The molecule has 0 saturated carbocycles. The van der Waals surface area contributed by atoms with E-state index in [1.807, 2.05) is 47.3 Å². The van der Waals surface area contributed by atoms with Crippen LogP contribution in [-0.2, 0) is 4.79 Å². The van der Waals surface area contributed by atoms with Crippen LogP contribution in [0.1, 0.15) is 6.92 Å². The number of alkyl halides is 1. The van der Waals surface area contributed by atoms with Gasteiger partial charge in [0.05, 0.1) is 5.69 Å². The standard InChI is InChI=1S/C13H14Br2N2O2/c1-2-16-11(13(18)19)10(8-14)12(15)17(16)9-6-4-3-5-7-9/h3-7,11H,2,8H2,1H3,(H,18,19). The summed E-state index contributed by atoms with van der Waals surface area (Å²) in [6, 6.07) is 9.09. The van der Waals surface area contributed by atoms with Crippen LogP contribution in [0.25, 0.3) is 0 Å². The number of rotatable bonds is 4. The highest BCUT2D eigenvalue weighted by Gasteiger charge is 2.41. The largest absolute Gasteiger partial charge is 0.480 e. The summed E-state index contributed by atoms with van der Waals surface area (Å²) in [5.41, 5.74) is 1.76. The lowest BCUT2D eigenvalue weighted by molar-refractivity contribution is -0.141. The van der Waals surface area contributed by atoms with Crippen molar-refractivity contribution in [2.75, 3.05) is 16.9 Å². The van der Waals surface area contributed by atoms with Gasteiger partial charge in [-0.05, 0) is 28.1 Å². The Morgan fingerprint density at radius 1 is 1.37 bits per heavy atom. The number of hydrogen-bond acceptors (Lipinski definition) is 3. The Morgan fingerprint density at radius 3 is 2.47 bits per heavy atom. The monoisotopic (exact) mass is 388 g/mol. The molecule has 0 aromatic heterocycles. The number of hydrogen-bond donors (Lipinski definition) is 1. The number of carboxylic acid groups (broad SMARTS) is 1. The zero-order valence-electron chi connectivity index (χ0n) is 10.4. The van der Waals surface area contributed by atoms with E-state index in [-0.39, 0.29) is 0 Å². The maximum Gasteiger partial charge on any atom is 0.327 e. The van der Waals surface area contributed by atoms with Crippen LogP contribution < -0.4 is 5.01 Å². The zero-order valence-corrected chi connectivity index (χ0v) is 13.6. The van der Waals surface area contributed by atoms with Crippen LogP contribution in [0, 0.1) is 0 Å². The van der Waals surface area contributed by atoms with Gasteiger partial charge in [-0.1, -0.05) is 41.1 Å². The highest BCUT2D eigenvalue weighted by Crippen LogP contribution is 2.37. The third kappa shape index (κ3) is 2.57. The van der Waals surface area contributed by atoms with Gasteiger partial charge < -0.3 is 5.11 Å². The second kappa shape index (κ2) is 6.07. The van der Waals surface area contributed by atoms with Gasteiger partial charge in [0.2, 0.25) is 0 Å². The lowest BCUT2D eigenvalue weighted by Gasteiger charge is -2.32. The van der Waals surface area contributed by atoms with Gasteiger partial charge in [-0.2, -0.15) is 5.01 Å². The van der Waals surface area contributed by atoms with Crippen LogP contribution in [0.4, 0.5) is 5.69 Å². The lowest BCUT2D eigenvalue weighted by Crippen LogP contribution is -2.46. The van der Waals surface area contributed by atoms with Crippen LogP contribution in [0.2, 0.25) is 0 Å². The first-order valence-electron chi connectivity index (χ1n) is 5.90. The fraction of sp³-hybridized carbons (Fsp3) is 0.308. The Hall–Kier alpha value is -0.850. The Balaban J connectivity index is 2.49. The van der Waals surface area contributed by atoms with Crippen molar-refractivity contribution in [2.24, 2.45) is 0 Å². The number of para-hydroxylation sites is 1. The van der Waals surface area contributed by atoms with Crippen LogP contribution in [0.3, 0.4) is 0 Å². The van der Waals surface area contributed by atoms with E-state index in [2.05, 4.69) is 31.9 Å². The van der Waals surface area contributed by atoms with Gasteiger partial charge in [-0.3, -0.25) is 9.80 Å². The van der Waals surface area contributed by atoms with Crippen molar-refractivity contribution in [3.8, 4) is 0 Å². The summed E-state index contributed by atoms with van der Waals surface area (Å²) < 4.78 is 0.796. The van der Waals surface area contributed by atoms with Gasteiger partial charge in [-0.25, -0.2) is 0 Å². The van der Waals surface area contributed by atoms with E-state index in [4.69, 9.17) is 0 Å². The van der Waals surface area contributed by atoms with Crippen molar-refractivity contribution in [1.29, 1.82) is 0 Å². The average Bonchev–Trinajstić information content (AvgIpc) is 2.71. The van der Waals surface area contributed by atoms with E-state index >= 15 is 0 Å². The van der Waals surface area contributed by atoms with Crippen molar-refractivity contribution in [3.05, 3.63) is 40.5 Å². The number of likely N-dealkylation sites (N-methyl/N-ethyl adjacent to an activating group) is 1. The van der Waals surface area contributed by atoms with Crippen LogP contribution >= 0.6 is 31.9 Å². The van der Waals surface area contributed by atoms with Gasteiger partial charge in [0.1, 0.15) is 4.61 Å². The third-order valence-corrected chi connectivity index (χ3v) is 4.49.